The smallest absolute Gasteiger partial charge is 0.410 e. The first kappa shape index (κ1) is 23.7. The van der Waals surface area contributed by atoms with E-state index in [9.17, 15) is 15.2 Å². The lowest BCUT2D eigenvalue weighted by Crippen LogP contribution is -2.66. The topological polar surface area (TPSA) is 73.6 Å². The van der Waals surface area contributed by atoms with Crippen molar-refractivity contribution in [1.29, 1.82) is 5.26 Å². The van der Waals surface area contributed by atoms with Gasteiger partial charge in [-0.3, -0.25) is 0 Å². The highest BCUT2D eigenvalue weighted by Crippen LogP contribution is 2.51. The zero-order chi connectivity index (χ0) is 23.9. The minimum Gasteiger partial charge on any atom is -0.444 e. The van der Waals surface area contributed by atoms with Crippen molar-refractivity contribution in [3.63, 3.8) is 0 Å². The molecular formula is C26H31FN2O3. The molecule has 1 unspecified atom stereocenters. The van der Waals surface area contributed by atoms with Crippen LogP contribution in [-0.2, 0) is 10.3 Å². The van der Waals surface area contributed by atoms with Gasteiger partial charge in [-0.1, -0.05) is 57.2 Å². The SMILES string of the molecule is CC(C)c1ccc(C(O)(c2cccc(C#N)c2F)C2(C)CN(C(=O)OC(C)(C)C)C2)cc1. The third kappa shape index (κ3) is 4.10. The first-order valence-electron chi connectivity index (χ1n) is 10.8. The molecule has 6 heteroatoms. The molecule has 1 amide bonds. The maximum atomic E-state index is 15.3. The zero-order valence-electron chi connectivity index (χ0n) is 19.6. The molecule has 0 spiro atoms. The number of ether oxygens (including phenoxy) is 1. The van der Waals surface area contributed by atoms with Crippen molar-refractivity contribution in [2.24, 2.45) is 5.41 Å². The Kier molecular flexibility index (Phi) is 6.10. The molecule has 0 bridgehead atoms. The Morgan fingerprint density at radius 2 is 1.78 bits per heavy atom. The van der Waals surface area contributed by atoms with Crippen LogP contribution in [0.25, 0.3) is 0 Å². The Labute approximate surface area is 189 Å². The lowest BCUT2D eigenvalue weighted by Gasteiger charge is -2.56. The number of halogens is 1. The molecule has 170 valence electrons. The van der Waals surface area contributed by atoms with Crippen LogP contribution in [0.1, 0.15) is 69.7 Å². The third-order valence-electron chi connectivity index (χ3n) is 6.11. The van der Waals surface area contributed by atoms with E-state index in [1.807, 2.05) is 25.1 Å². The summed E-state index contributed by atoms with van der Waals surface area (Å²) in [5.41, 5.74) is -1.78. The molecule has 5 nitrogen and oxygen atoms in total. The number of nitriles is 1. The summed E-state index contributed by atoms with van der Waals surface area (Å²) in [5, 5.41) is 21.5. The van der Waals surface area contributed by atoms with Crippen LogP contribution >= 0.6 is 0 Å². The third-order valence-corrected chi connectivity index (χ3v) is 6.11. The second kappa shape index (κ2) is 8.22. The van der Waals surface area contributed by atoms with Crippen LogP contribution in [0.5, 0.6) is 0 Å². The van der Waals surface area contributed by atoms with Gasteiger partial charge in [-0.2, -0.15) is 5.26 Å². The number of carbonyl (C=O) groups is 1. The van der Waals surface area contributed by atoms with Gasteiger partial charge < -0.3 is 14.7 Å². The average Bonchev–Trinajstić information content (AvgIpc) is 2.69. The molecule has 1 fully saturated rings. The number of amides is 1. The average molecular weight is 439 g/mol. The molecule has 0 aliphatic carbocycles. The predicted octanol–water partition coefficient (Wildman–Crippen LogP) is 5.31. The Morgan fingerprint density at radius 1 is 1.19 bits per heavy atom. The molecule has 1 atom stereocenters. The monoisotopic (exact) mass is 438 g/mol. The summed E-state index contributed by atoms with van der Waals surface area (Å²) in [4.78, 5) is 14.0. The fourth-order valence-corrected chi connectivity index (χ4v) is 4.32. The van der Waals surface area contributed by atoms with E-state index in [0.717, 1.165) is 5.56 Å². The molecule has 0 aromatic heterocycles. The van der Waals surface area contributed by atoms with Gasteiger partial charge in [0.2, 0.25) is 0 Å². The molecular weight excluding hydrogens is 407 g/mol. The summed E-state index contributed by atoms with van der Waals surface area (Å²) < 4.78 is 20.8. The Hall–Kier alpha value is -2.91. The summed E-state index contributed by atoms with van der Waals surface area (Å²) in [5.74, 6) is -0.444. The van der Waals surface area contributed by atoms with Gasteiger partial charge in [-0.15, -0.1) is 0 Å². The van der Waals surface area contributed by atoms with Crippen LogP contribution in [0.4, 0.5) is 9.18 Å². The summed E-state index contributed by atoms with van der Waals surface area (Å²) >= 11 is 0. The fraction of sp³-hybridized carbons (Fsp3) is 0.462. The molecule has 1 aliphatic heterocycles. The number of benzene rings is 2. The van der Waals surface area contributed by atoms with Crippen molar-refractivity contribution in [3.8, 4) is 6.07 Å². The van der Waals surface area contributed by atoms with E-state index in [1.165, 1.54) is 17.0 Å². The molecule has 32 heavy (non-hydrogen) atoms. The van der Waals surface area contributed by atoms with Crippen molar-refractivity contribution >= 4 is 6.09 Å². The predicted molar refractivity (Wildman–Crippen MR) is 121 cm³/mol. The number of nitrogens with zero attached hydrogens (tertiary/aromatic N) is 2. The summed E-state index contributed by atoms with van der Waals surface area (Å²) in [7, 11) is 0. The molecule has 2 aromatic carbocycles. The highest BCUT2D eigenvalue weighted by Gasteiger charge is 2.58. The van der Waals surface area contributed by atoms with Crippen LogP contribution in [0, 0.1) is 22.6 Å². The standard InChI is InChI=1S/C26H31FN2O3/c1-17(2)18-10-12-20(13-11-18)26(31,21-9-7-8-19(14-28)22(21)27)25(6)15-29(16-25)23(30)32-24(3,4)5/h7-13,17,31H,15-16H2,1-6H3. The van der Waals surface area contributed by atoms with Crippen LogP contribution < -0.4 is 0 Å². The van der Waals surface area contributed by atoms with Crippen molar-refractivity contribution in [1.82, 2.24) is 4.90 Å². The lowest BCUT2D eigenvalue weighted by atomic mass is 9.61. The molecule has 3 rings (SSSR count). The Balaban J connectivity index is 2.07. The van der Waals surface area contributed by atoms with Gasteiger partial charge in [-0.25, -0.2) is 9.18 Å². The zero-order valence-corrected chi connectivity index (χ0v) is 19.6. The van der Waals surface area contributed by atoms with E-state index >= 15 is 4.39 Å². The number of hydrogen-bond donors (Lipinski definition) is 1. The Bertz CT molecular complexity index is 1040. The van der Waals surface area contributed by atoms with Gasteiger partial charge in [0, 0.05) is 24.1 Å². The number of likely N-dealkylation sites (tertiary alicyclic amines) is 1. The largest absolute Gasteiger partial charge is 0.444 e. The van der Waals surface area contributed by atoms with Crippen molar-refractivity contribution in [2.75, 3.05) is 13.1 Å². The van der Waals surface area contributed by atoms with E-state index < -0.39 is 28.5 Å². The van der Waals surface area contributed by atoms with Crippen LogP contribution in [-0.4, -0.2) is 34.8 Å². The van der Waals surface area contributed by atoms with Crippen LogP contribution in [0.3, 0.4) is 0 Å². The maximum absolute atomic E-state index is 15.3. The normalized spacial score (nSPS) is 17.3. The van der Waals surface area contributed by atoms with E-state index in [2.05, 4.69) is 13.8 Å². The number of rotatable bonds is 4. The maximum Gasteiger partial charge on any atom is 0.410 e. The quantitative estimate of drug-likeness (QED) is 0.702. The molecule has 1 heterocycles. The highest BCUT2D eigenvalue weighted by atomic mass is 19.1. The fourth-order valence-electron chi connectivity index (χ4n) is 4.32. The second-order valence-electron chi connectivity index (χ2n) is 10.2. The van der Waals surface area contributed by atoms with E-state index in [0.29, 0.717) is 11.5 Å². The first-order chi connectivity index (χ1) is 14.8. The molecule has 1 N–H and O–H groups in total. The highest BCUT2D eigenvalue weighted by molar-refractivity contribution is 5.70. The van der Waals surface area contributed by atoms with E-state index in [-0.39, 0.29) is 24.2 Å². The Morgan fingerprint density at radius 3 is 2.28 bits per heavy atom. The molecule has 1 aliphatic rings. The minimum atomic E-state index is -1.75. The molecule has 1 saturated heterocycles. The van der Waals surface area contributed by atoms with E-state index in [4.69, 9.17) is 4.74 Å². The number of hydrogen-bond acceptors (Lipinski definition) is 4. The van der Waals surface area contributed by atoms with Gasteiger partial charge >= 0.3 is 6.09 Å². The summed E-state index contributed by atoms with van der Waals surface area (Å²) in [6.45, 7) is 11.7. The second-order valence-corrected chi connectivity index (χ2v) is 10.2. The number of carbonyl (C=O) groups excluding carboxylic acids is 1. The van der Waals surface area contributed by atoms with Crippen molar-refractivity contribution < 1.29 is 19.0 Å². The molecule has 0 radical (unpaired) electrons. The van der Waals surface area contributed by atoms with E-state index in [1.54, 1.807) is 39.0 Å². The molecule has 0 saturated carbocycles. The van der Waals surface area contributed by atoms with Crippen LogP contribution in [0.2, 0.25) is 0 Å². The van der Waals surface area contributed by atoms with Crippen LogP contribution in [0.15, 0.2) is 42.5 Å². The minimum absolute atomic E-state index is 0.0279. The van der Waals surface area contributed by atoms with Gasteiger partial charge in [0.1, 0.15) is 23.1 Å². The lowest BCUT2D eigenvalue weighted by molar-refractivity contribution is -0.133. The summed E-state index contributed by atoms with van der Waals surface area (Å²) in [6, 6.07) is 13.8. The van der Waals surface area contributed by atoms with Crippen molar-refractivity contribution in [3.05, 3.63) is 70.5 Å². The van der Waals surface area contributed by atoms with Gasteiger partial charge in [0.05, 0.1) is 5.56 Å². The molecule has 2 aromatic rings. The van der Waals surface area contributed by atoms with Gasteiger partial charge in [-0.05, 0) is 43.9 Å². The van der Waals surface area contributed by atoms with Gasteiger partial charge in [0.25, 0.3) is 0 Å². The van der Waals surface area contributed by atoms with Gasteiger partial charge in [0.15, 0.2) is 0 Å². The number of aliphatic hydroxyl groups is 1. The van der Waals surface area contributed by atoms with Crippen molar-refractivity contribution in [2.45, 2.75) is 58.7 Å². The summed E-state index contributed by atoms with van der Waals surface area (Å²) in [6.07, 6.45) is -0.473. The first-order valence-corrected chi connectivity index (χ1v) is 10.8.